The third kappa shape index (κ3) is 2.28. The van der Waals surface area contributed by atoms with Crippen molar-refractivity contribution in [2.45, 2.75) is 31.8 Å². The van der Waals surface area contributed by atoms with Gasteiger partial charge in [0, 0.05) is 25.1 Å². The molecule has 2 aliphatic heterocycles. The molecule has 1 aromatic rings. The van der Waals surface area contributed by atoms with Gasteiger partial charge in [0.25, 0.3) is 5.91 Å². The van der Waals surface area contributed by atoms with E-state index in [0.717, 1.165) is 24.9 Å². The van der Waals surface area contributed by atoms with Crippen LogP contribution in [0.1, 0.15) is 36.0 Å². The Labute approximate surface area is 112 Å². The Morgan fingerprint density at radius 1 is 1.26 bits per heavy atom. The molecular weight excluding hydrogens is 242 g/mol. The molecule has 0 aliphatic carbocycles. The molecule has 100 valence electrons. The summed E-state index contributed by atoms with van der Waals surface area (Å²) < 4.78 is 5.56. The van der Waals surface area contributed by atoms with E-state index in [1.807, 2.05) is 18.2 Å². The predicted molar refractivity (Wildman–Crippen MR) is 71.3 cm³/mol. The molecule has 0 aromatic heterocycles. The molecule has 19 heavy (non-hydrogen) atoms. The van der Waals surface area contributed by atoms with E-state index in [4.69, 9.17) is 4.74 Å². The van der Waals surface area contributed by atoms with E-state index in [1.165, 1.54) is 0 Å². The van der Waals surface area contributed by atoms with Gasteiger partial charge in [-0.2, -0.15) is 0 Å². The van der Waals surface area contributed by atoms with Gasteiger partial charge in [-0.1, -0.05) is 12.1 Å². The molecule has 0 saturated carbocycles. The van der Waals surface area contributed by atoms with E-state index in [-0.39, 0.29) is 17.8 Å². The van der Waals surface area contributed by atoms with Crippen LogP contribution < -0.4 is 4.90 Å². The molecule has 4 heteroatoms. The second-order valence-corrected chi connectivity index (χ2v) is 5.04. The van der Waals surface area contributed by atoms with Crippen molar-refractivity contribution < 1.29 is 14.3 Å². The Morgan fingerprint density at radius 3 is 2.89 bits per heavy atom. The Hall–Kier alpha value is -1.68. The highest BCUT2D eigenvalue weighted by molar-refractivity contribution is 6.09. The Balaban J connectivity index is 1.87. The van der Waals surface area contributed by atoms with Crippen LogP contribution in [0.5, 0.6) is 0 Å². The second-order valence-electron chi connectivity index (χ2n) is 5.04. The second kappa shape index (κ2) is 5.13. The number of benzene rings is 1. The first kappa shape index (κ1) is 12.4. The number of hydrogen-bond donors (Lipinski definition) is 0. The molecule has 0 bridgehead atoms. The van der Waals surface area contributed by atoms with Crippen molar-refractivity contribution in [3.63, 3.8) is 0 Å². The van der Waals surface area contributed by atoms with Crippen LogP contribution in [0.4, 0.5) is 5.69 Å². The van der Waals surface area contributed by atoms with Crippen molar-refractivity contribution in [2.75, 3.05) is 18.1 Å². The molecule has 4 nitrogen and oxygen atoms in total. The number of para-hydroxylation sites is 1. The first-order valence-electron chi connectivity index (χ1n) is 6.82. The summed E-state index contributed by atoms with van der Waals surface area (Å²) in [7, 11) is 0. The fourth-order valence-corrected chi connectivity index (χ4v) is 2.75. The van der Waals surface area contributed by atoms with Crippen LogP contribution in [0.3, 0.4) is 0 Å². The van der Waals surface area contributed by atoms with Gasteiger partial charge in [-0.05, 0) is 31.4 Å². The van der Waals surface area contributed by atoms with Crippen LogP contribution in [-0.4, -0.2) is 30.9 Å². The summed E-state index contributed by atoms with van der Waals surface area (Å²) in [5, 5.41) is 0. The van der Waals surface area contributed by atoms with E-state index in [9.17, 15) is 9.59 Å². The Bertz CT molecular complexity index is 506. The quantitative estimate of drug-likeness (QED) is 0.776. The maximum Gasteiger partial charge on any atom is 0.256 e. The van der Waals surface area contributed by atoms with Gasteiger partial charge < -0.3 is 9.64 Å². The molecule has 1 atom stereocenters. The van der Waals surface area contributed by atoms with Crippen LogP contribution >= 0.6 is 0 Å². The molecule has 1 fully saturated rings. The summed E-state index contributed by atoms with van der Waals surface area (Å²) in [4.78, 5) is 26.1. The average molecular weight is 259 g/mol. The van der Waals surface area contributed by atoms with Crippen molar-refractivity contribution in [1.29, 1.82) is 0 Å². The fraction of sp³-hybridized carbons (Fsp3) is 0.467. The summed E-state index contributed by atoms with van der Waals surface area (Å²) in [5.41, 5.74) is 1.39. The number of amides is 1. The normalized spacial score (nSPS) is 23.1. The summed E-state index contributed by atoms with van der Waals surface area (Å²) in [6.07, 6.45) is 2.90. The number of carbonyl (C=O) groups is 2. The van der Waals surface area contributed by atoms with Gasteiger partial charge in [0.05, 0.1) is 5.69 Å². The Kier molecular flexibility index (Phi) is 3.34. The minimum absolute atomic E-state index is 0.000324. The molecule has 0 N–H and O–H groups in total. The SMILES string of the molecule is O=C1CCN(C(=O)C2CCCCO2)c2ccccc21. The molecule has 2 aliphatic rings. The summed E-state index contributed by atoms with van der Waals surface area (Å²) in [6, 6.07) is 7.33. The number of ether oxygens (including phenoxy) is 1. The van der Waals surface area contributed by atoms with E-state index in [2.05, 4.69) is 0 Å². The third-order valence-electron chi connectivity index (χ3n) is 3.78. The number of anilines is 1. The third-order valence-corrected chi connectivity index (χ3v) is 3.78. The van der Waals surface area contributed by atoms with Crippen molar-refractivity contribution in [2.24, 2.45) is 0 Å². The van der Waals surface area contributed by atoms with Crippen LogP contribution in [0.2, 0.25) is 0 Å². The maximum atomic E-state index is 12.5. The van der Waals surface area contributed by atoms with E-state index < -0.39 is 0 Å². The summed E-state index contributed by atoms with van der Waals surface area (Å²) in [5.74, 6) is 0.115. The first-order chi connectivity index (χ1) is 9.27. The molecule has 1 unspecified atom stereocenters. The largest absolute Gasteiger partial charge is 0.368 e. The highest BCUT2D eigenvalue weighted by Crippen LogP contribution is 2.28. The number of ketones is 1. The summed E-state index contributed by atoms with van der Waals surface area (Å²) >= 11 is 0. The number of carbonyl (C=O) groups excluding carboxylic acids is 2. The van der Waals surface area contributed by atoms with Gasteiger partial charge >= 0.3 is 0 Å². The fourth-order valence-electron chi connectivity index (χ4n) is 2.75. The number of fused-ring (bicyclic) bond motifs is 1. The molecule has 2 heterocycles. The smallest absolute Gasteiger partial charge is 0.256 e. The van der Waals surface area contributed by atoms with Crippen LogP contribution in [0.25, 0.3) is 0 Å². The number of rotatable bonds is 1. The van der Waals surface area contributed by atoms with E-state index >= 15 is 0 Å². The maximum absolute atomic E-state index is 12.5. The minimum atomic E-state index is -0.338. The van der Waals surface area contributed by atoms with Crippen molar-refractivity contribution in [1.82, 2.24) is 0 Å². The van der Waals surface area contributed by atoms with E-state index in [0.29, 0.717) is 25.1 Å². The number of Topliss-reactive ketones (excluding diaryl/α,β-unsaturated/α-hetero) is 1. The van der Waals surface area contributed by atoms with Gasteiger partial charge in [-0.15, -0.1) is 0 Å². The van der Waals surface area contributed by atoms with Gasteiger partial charge in [-0.3, -0.25) is 9.59 Å². The van der Waals surface area contributed by atoms with Gasteiger partial charge in [0.1, 0.15) is 6.10 Å². The van der Waals surface area contributed by atoms with Gasteiger partial charge in [0.2, 0.25) is 0 Å². The molecule has 1 aromatic carbocycles. The topological polar surface area (TPSA) is 46.6 Å². The zero-order valence-corrected chi connectivity index (χ0v) is 10.8. The monoisotopic (exact) mass is 259 g/mol. The highest BCUT2D eigenvalue weighted by Gasteiger charge is 2.32. The zero-order chi connectivity index (χ0) is 13.2. The predicted octanol–water partition coefficient (Wildman–Crippen LogP) is 2.18. The average Bonchev–Trinajstić information content (AvgIpc) is 2.48. The molecule has 0 radical (unpaired) electrons. The van der Waals surface area contributed by atoms with Crippen molar-refractivity contribution in [3.05, 3.63) is 29.8 Å². The molecule has 1 saturated heterocycles. The lowest BCUT2D eigenvalue weighted by molar-refractivity contribution is -0.132. The van der Waals surface area contributed by atoms with Crippen LogP contribution in [0.15, 0.2) is 24.3 Å². The lowest BCUT2D eigenvalue weighted by atomic mass is 9.99. The van der Waals surface area contributed by atoms with Gasteiger partial charge in [0.15, 0.2) is 5.78 Å². The minimum Gasteiger partial charge on any atom is -0.368 e. The number of hydrogen-bond acceptors (Lipinski definition) is 3. The van der Waals surface area contributed by atoms with Crippen molar-refractivity contribution in [3.8, 4) is 0 Å². The molecule has 0 spiro atoms. The van der Waals surface area contributed by atoms with Crippen LogP contribution in [-0.2, 0) is 9.53 Å². The van der Waals surface area contributed by atoms with E-state index in [1.54, 1.807) is 11.0 Å². The number of nitrogens with zero attached hydrogens (tertiary/aromatic N) is 1. The summed E-state index contributed by atoms with van der Waals surface area (Å²) in [6.45, 7) is 1.12. The highest BCUT2D eigenvalue weighted by atomic mass is 16.5. The van der Waals surface area contributed by atoms with Crippen molar-refractivity contribution >= 4 is 17.4 Å². The molecular formula is C15H17NO3. The lowest BCUT2D eigenvalue weighted by Crippen LogP contribution is -2.45. The van der Waals surface area contributed by atoms with Gasteiger partial charge in [-0.25, -0.2) is 0 Å². The standard InChI is InChI=1S/C15H17NO3/c17-13-8-9-16(12-6-2-1-5-11(12)13)15(18)14-7-3-4-10-19-14/h1-2,5-6,14H,3-4,7-10H2. The molecule has 3 rings (SSSR count). The first-order valence-corrected chi connectivity index (χ1v) is 6.82. The lowest BCUT2D eigenvalue weighted by Gasteiger charge is -2.32. The molecule has 1 amide bonds. The van der Waals surface area contributed by atoms with Crippen LogP contribution in [0, 0.1) is 0 Å². The Morgan fingerprint density at radius 2 is 2.11 bits per heavy atom. The zero-order valence-electron chi connectivity index (χ0n) is 10.8.